The van der Waals surface area contributed by atoms with Gasteiger partial charge in [0.05, 0.1) is 21.5 Å². The molecule has 0 aliphatic carbocycles. The number of nitrogens with two attached hydrogens (primary N) is 4. The van der Waals surface area contributed by atoms with Crippen molar-refractivity contribution in [1.82, 2.24) is 0 Å². The molecule has 0 aromatic heterocycles. The van der Waals surface area contributed by atoms with Crippen LogP contribution < -0.4 is 22.9 Å². The first-order valence-corrected chi connectivity index (χ1v) is 9.30. The molecule has 122 valence electrons. The third kappa shape index (κ3) is 5.33. The van der Waals surface area contributed by atoms with E-state index < -0.39 is 22.4 Å². The van der Waals surface area contributed by atoms with Gasteiger partial charge in [0.15, 0.2) is 10.5 Å². The van der Waals surface area contributed by atoms with Gasteiger partial charge in [-0.1, -0.05) is 21.6 Å². The molecule has 0 fully saturated rings. The van der Waals surface area contributed by atoms with Crippen LogP contribution in [0.1, 0.15) is 0 Å². The summed E-state index contributed by atoms with van der Waals surface area (Å²) < 4.78 is 0. The minimum Gasteiger partial charge on any atom is -0.480 e. The maximum Gasteiger partial charge on any atom is 0.323 e. The van der Waals surface area contributed by atoms with Gasteiger partial charge in [-0.05, 0) is 21.6 Å². The van der Waals surface area contributed by atoms with E-state index in [0.29, 0.717) is 10.1 Å². The summed E-state index contributed by atoms with van der Waals surface area (Å²) in [5.74, 6) is -1.87. The van der Waals surface area contributed by atoms with E-state index in [-0.39, 0.29) is 27.9 Å². The van der Waals surface area contributed by atoms with Gasteiger partial charge in [0.25, 0.3) is 0 Å². The molecule has 0 aromatic carbocycles. The first-order valence-electron chi connectivity index (χ1n) is 4.88. The topological polar surface area (TPSA) is 179 Å². The molecule has 0 radical (unpaired) electrons. The molecule has 0 bridgehead atoms. The molecular weight excluding hydrogens is 403 g/mol. The largest absolute Gasteiger partial charge is 0.480 e. The fourth-order valence-electron chi connectivity index (χ4n) is 1.01. The molecule has 2 aliphatic heterocycles. The van der Waals surface area contributed by atoms with Crippen LogP contribution in [0, 0.1) is 0 Å². The summed E-state index contributed by atoms with van der Waals surface area (Å²) in [7, 11) is 4.74. The zero-order valence-electron chi connectivity index (χ0n) is 10.1. The molecule has 2 atom stereocenters. The van der Waals surface area contributed by atoms with E-state index >= 15 is 0 Å². The molecule has 21 heavy (non-hydrogen) atoms. The standard InChI is InChI=1S/2C4H6N2O2S2.Ni/c2*5-1-2(4(7)8)9-10-3(1)6;/h2*2H,5-6H2,(H,7,8);. The Kier molecular flexibility index (Phi) is 8.63. The summed E-state index contributed by atoms with van der Waals surface area (Å²) in [6.07, 6.45) is 0. The van der Waals surface area contributed by atoms with Crippen molar-refractivity contribution < 1.29 is 36.3 Å². The van der Waals surface area contributed by atoms with Gasteiger partial charge in [0, 0.05) is 16.5 Å². The van der Waals surface area contributed by atoms with Crippen LogP contribution in [-0.4, -0.2) is 32.7 Å². The molecule has 2 heterocycles. The normalized spacial score (nSPS) is 24.2. The van der Waals surface area contributed by atoms with E-state index in [1.807, 2.05) is 0 Å². The molecule has 8 nitrogen and oxygen atoms in total. The second kappa shape index (κ2) is 8.84. The molecule has 10 N–H and O–H groups in total. The zero-order valence-corrected chi connectivity index (χ0v) is 14.4. The first-order chi connectivity index (χ1) is 9.25. The number of aliphatic carboxylic acids is 2. The Morgan fingerprint density at radius 1 is 0.810 bits per heavy atom. The van der Waals surface area contributed by atoms with Crippen LogP contribution in [0.5, 0.6) is 0 Å². The molecule has 0 saturated carbocycles. The SMILES string of the molecule is NC1=C(N)C(C(=O)O)SS1.NC1=C(N)C(C(=O)O)SS1.[Ni]. The van der Waals surface area contributed by atoms with Crippen molar-refractivity contribution in [3.05, 3.63) is 21.5 Å². The maximum absolute atomic E-state index is 10.4. The summed E-state index contributed by atoms with van der Waals surface area (Å²) in [6, 6.07) is 0. The smallest absolute Gasteiger partial charge is 0.323 e. The fraction of sp³-hybridized carbons (Fsp3) is 0.250. The van der Waals surface area contributed by atoms with E-state index in [2.05, 4.69) is 0 Å². The van der Waals surface area contributed by atoms with Crippen molar-refractivity contribution >= 4 is 55.1 Å². The van der Waals surface area contributed by atoms with Crippen molar-refractivity contribution in [2.24, 2.45) is 22.9 Å². The minimum absolute atomic E-state index is 0. The van der Waals surface area contributed by atoms with Gasteiger partial charge >= 0.3 is 11.9 Å². The van der Waals surface area contributed by atoms with Gasteiger partial charge in [0.1, 0.15) is 0 Å². The number of hydrogen-bond acceptors (Lipinski definition) is 10. The van der Waals surface area contributed by atoms with E-state index in [1.165, 1.54) is 21.6 Å². The van der Waals surface area contributed by atoms with Gasteiger partial charge < -0.3 is 33.1 Å². The third-order valence-corrected chi connectivity index (χ3v) is 7.18. The van der Waals surface area contributed by atoms with Crippen molar-refractivity contribution in [3.63, 3.8) is 0 Å². The van der Waals surface area contributed by atoms with Crippen LogP contribution in [0.4, 0.5) is 0 Å². The predicted molar refractivity (Wildman–Crippen MR) is 84.0 cm³/mol. The van der Waals surface area contributed by atoms with Crippen molar-refractivity contribution in [1.29, 1.82) is 0 Å². The average Bonchev–Trinajstić information content (AvgIpc) is 2.86. The fourth-order valence-corrected chi connectivity index (χ4v) is 5.50. The van der Waals surface area contributed by atoms with Crippen LogP contribution in [0.15, 0.2) is 21.5 Å². The second-order valence-electron chi connectivity index (χ2n) is 3.43. The quantitative estimate of drug-likeness (QED) is 0.260. The number of carbonyl (C=O) groups is 2. The molecule has 2 unspecified atom stereocenters. The first kappa shape index (κ1) is 20.5. The van der Waals surface area contributed by atoms with E-state index in [4.69, 9.17) is 33.1 Å². The van der Waals surface area contributed by atoms with Crippen LogP contribution in [0.25, 0.3) is 0 Å². The Hall–Kier alpha value is -0.486. The van der Waals surface area contributed by atoms with Gasteiger partial charge in [-0.25, -0.2) is 0 Å². The molecule has 0 amide bonds. The van der Waals surface area contributed by atoms with Crippen LogP contribution in [0.2, 0.25) is 0 Å². The van der Waals surface area contributed by atoms with E-state index in [1.54, 1.807) is 0 Å². The molecule has 2 rings (SSSR count). The average molecular weight is 415 g/mol. The zero-order chi connectivity index (χ0) is 15.4. The Labute approximate surface area is 146 Å². The van der Waals surface area contributed by atoms with Gasteiger partial charge in [-0.15, -0.1) is 0 Å². The summed E-state index contributed by atoms with van der Waals surface area (Å²) >= 11 is 0. The minimum atomic E-state index is -0.935. The van der Waals surface area contributed by atoms with E-state index in [9.17, 15) is 9.59 Å². The maximum atomic E-state index is 10.4. The van der Waals surface area contributed by atoms with Gasteiger partial charge in [0.2, 0.25) is 0 Å². The predicted octanol–water partition coefficient (Wildman–Crippen LogP) is -0.160. The van der Waals surface area contributed by atoms with Crippen molar-refractivity contribution in [2.45, 2.75) is 10.5 Å². The summed E-state index contributed by atoms with van der Waals surface area (Å²) in [5, 5.41) is 16.5. The number of carboxylic acids is 2. The molecule has 0 saturated heterocycles. The number of carboxylic acid groups (broad SMARTS) is 2. The monoisotopic (exact) mass is 414 g/mol. The van der Waals surface area contributed by atoms with Crippen molar-refractivity contribution in [2.75, 3.05) is 0 Å². The number of rotatable bonds is 2. The summed E-state index contributed by atoms with van der Waals surface area (Å²) in [6.45, 7) is 0. The third-order valence-electron chi connectivity index (χ3n) is 2.05. The van der Waals surface area contributed by atoms with Crippen molar-refractivity contribution in [3.8, 4) is 0 Å². The van der Waals surface area contributed by atoms with Crippen LogP contribution in [0.3, 0.4) is 0 Å². The van der Waals surface area contributed by atoms with Crippen LogP contribution >= 0.6 is 43.2 Å². The Morgan fingerprint density at radius 3 is 1.19 bits per heavy atom. The molecule has 0 aromatic rings. The second-order valence-corrected chi connectivity index (χ2v) is 8.13. The summed E-state index contributed by atoms with van der Waals surface area (Å²) in [4.78, 5) is 20.7. The molecule has 13 heteroatoms. The van der Waals surface area contributed by atoms with E-state index in [0.717, 1.165) is 21.6 Å². The Bertz CT molecular complexity index is 457. The number of hydrogen-bond donors (Lipinski definition) is 6. The molecule has 0 spiro atoms. The Morgan fingerprint density at radius 2 is 1.10 bits per heavy atom. The van der Waals surface area contributed by atoms with Gasteiger partial charge in [-0.3, -0.25) is 9.59 Å². The molecular formula is C8H12N4NiO4S4. The summed E-state index contributed by atoms with van der Waals surface area (Å²) in [5.41, 5.74) is 21.9. The van der Waals surface area contributed by atoms with Gasteiger partial charge in [-0.2, -0.15) is 0 Å². The Balaban J connectivity index is 0.000000364. The molecule has 2 aliphatic rings. The van der Waals surface area contributed by atoms with Crippen LogP contribution in [-0.2, 0) is 26.1 Å².